The molecule has 19 heavy (non-hydrogen) atoms. The Balaban J connectivity index is 1.85. The Morgan fingerprint density at radius 1 is 1.42 bits per heavy atom. The first kappa shape index (κ1) is 12.2. The smallest absolute Gasteiger partial charge is 0.123 e. The lowest BCUT2D eigenvalue weighted by Gasteiger charge is -2.15. The number of hydrogen-bond acceptors (Lipinski definition) is 3. The van der Waals surface area contributed by atoms with Crippen LogP contribution < -0.4 is 10.1 Å². The van der Waals surface area contributed by atoms with Gasteiger partial charge in [-0.1, -0.05) is 18.2 Å². The Morgan fingerprint density at radius 3 is 3.11 bits per heavy atom. The maximum absolute atomic E-state index is 5.41. The number of para-hydroxylation sites is 1. The normalized spacial score (nSPS) is 18.7. The van der Waals surface area contributed by atoms with Crippen LogP contribution in [0.5, 0.6) is 5.75 Å². The van der Waals surface area contributed by atoms with Crippen molar-refractivity contribution < 1.29 is 4.74 Å². The van der Waals surface area contributed by atoms with Crippen LogP contribution in [0.2, 0.25) is 0 Å². The molecule has 2 heterocycles. The van der Waals surface area contributed by atoms with Crippen molar-refractivity contribution >= 4 is 0 Å². The first-order valence-corrected chi connectivity index (χ1v) is 6.74. The number of benzene rings is 1. The number of hydrogen-bond donors (Lipinski definition) is 1. The first-order chi connectivity index (χ1) is 9.38. The van der Waals surface area contributed by atoms with E-state index in [1.54, 1.807) is 7.11 Å². The Labute approximate surface area is 113 Å². The molecule has 1 aromatic carbocycles. The van der Waals surface area contributed by atoms with E-state index in [0.717, 1.165) is 18.8 Å². The van der Waals surface area contributed by atoms with Gasteiger partial charge in [0.15, 0.2) is 0 Å². The summed E-state index contributed by atoms with van der Waals surface area (Å²) in [7, 11) is 1.71. The van der Waals surface area contributed by atoms with Crippen LogP contribution in [0.15, 0.2) is 36.8 Å². The van der Waals surface area contributed by atoms with Gasteiger partial charge in [-0.05, 0) is 25.5 Å². The lowest BCUT2D eigenvalue weighted by atomic mass is 10.1. The highest BCUT2D eigenvalue weighted by Gasteiger charge is 2.20. The lowest BCUT2D eigenvalue weighted by molar-refractivity contribution is 0.407. The quantitative estimate of drug-likeness (QED) is 0.914. The van der Waals surface area contributed by atoms with Gasteiger partial charge in [0, 0.05) is 17.8 Å². The van der Waals surface area contributed by atoms with Crippen molar-refractivity contribution in [3.05, 3.63) is 48.0 Å². The molecule has 1 N–H and O–H groups in total. The van der Waals surface area contributed by atoms with Gasteiger partial charge in [-0.3, -0.25) is 0 Å². The molecule has 0 radical (unpaired) electrons. The monoisotopic (exact) mass is 257 g/mol. The molecule has 0 bridgehead atoms. The zero-order valence-electron chi connectivity index (χ0n) is 11.2. The number of nitrogens with zero attached hydrogens (tertiary/aromatic N) is 2. The summed E-state index contributed by atoms with van der Waals surface area (Å²) in [5.41, 5.74) is 2.45. The molecule has 2 aromatic rings. The van der Waals surface area contributed by atoms with Crippen LogP contribution in [-0.2, 0) is 6.54 Å². The Bertz CT molecular complexity index is 544. The predicted molar refractivity (Wildman–Crippen MR) is 74.3 cm³/mol. The second-order valence-corrected chi connectivity index (χ2v) is 4.91. The van der Waals surface area contributed by atoms with E-state index >= 15 is 0 Å². The van der Waals surface area contributed by atoms with Gasteiger partial charge in [0.25, 0.3) is 0 Å². The highest BCUT2D eigenvalue weighted by Crippen LogP contribution is 2.25. The highest BCUT2D eigenvalue weighted by atomic mass is 16.5. The molecule has 0 spiro atoms. The summed E-state index contributed by atoms with van der Waals surface area (Å²) in [5.74, 6) is 0.932. The second kappa shape index (κ2) is 5.45. The van der Waals surface area contributed by atoms with E-state index in [1.807, 2.05) is 30.7 Å². The van der Waals surface area contributed by atoms with Crippen molar-refractivity contribution in [1.82, 2.24) is 14.9 Å². The minimum Gasteiger partial charge on any atom is -0.496 e. The number of rotatable bonds is 4. The van der Waals surface area contributed by atoms with Crippen molar-refractivity contribution in [3.63, 3.8) is 0 Å². The third-order valence-corrected chi connectivity index (χ3v) is 3.70. The van der Waals surface area contributed by atoms with E-state index in [0.29, 0.717) is 6.04 Å². The third kappa shape index (κ3) is 2.49. The Hall–Kier alpha value is -1.81. The maximum atomic E-state index is 5.41. The molecule has 1 fully saturated rings. The van der Waals surface area contributed by atoms with Crippen LogP contribution >= 0.6 is 0 Å². The molecular formula is C15H19N3O. The van der Waals surface area contributed by atoms with Gasteiger partial charge >= 0.3 is 0 Å². The van der Waals surface area contributed by atoms with Gasteiger partial charge in [-0.25, -0.2) is 4.98 Å². The van der Waals surface area contributed by atoms with Crippen molar-refractivity contribution in [2.75, 3.05) is 13.7 Å². The van der Waals surface area contributed by atoms with Crippen molar-refractivity contribution in [2.45, 2.75) is 25.4 Å². The van der Waals surface area contributed by atoms with Crippen LogP contribution in [0.3, 0.4) is 0 Å². The molecule has 0 unspecified atom stereocenters. The van der Waals surface area contributed by atoms with Crippen LogP contribution in [0.25, 0.3) is 0 Å². The van der Waals surface area contributed by atoms with Gasteiger partial charge in [-0.2, -0.15) is 0 Å². The molecule has 1 aliphatic heterocycles. The molecule has 1 aromatic heterocycles. The number of aromatic nitrogens is 2. The number of ether oxygens (including phenoxy) is 1. The third-order valence-electron chi connectivity index (χ3n) is 3.70. The summed E-state index contributed by atoms with van der Waals surface area (Å²) >= 11 is 0. The zero-order valence-corrected chi connectivity index (χ0v) is 11.2. The second-order valence-electron chi connectivity index (χ2n) is 4.91. The van der Waals surface area contributed by atoms with E-state index in [1.165, 1.54) is 24.1 Å². The van der Waals surface area contributed by atoms with E-state index in [4.69, 9.17) is 4.74 Å². The molecule has 0 saturated carbocycles. The largest absolute Gasteiger partial charge is 0.496 e. The van der Waals surface area contributed by atoms with E-state index in [2.05, 4.69) is 20.9 Å². The van der Waals surface area contributed by atoms with Gasteiger partial charge < -0.3 is 14.6 Å². The topological polar surface area (TPSA) is 39.1 Å². The molecule has 0 amide bonds. The van der Waals surface area contributed by atoms with Gasteiger partial charge in [-0.15, -0.1) is 0 Å². The SMILES string of the molecule is COc1ccccc1Cn1cncc1[C@@H]1CCCN1. The molecule has 0 aliphatic carbocycles. The van der Waals surface area contributed by atoms with Crippen LogP contribution in [-0.4, -0.2) is 23.2 Å². The molecule has 1 atom stereocenters. The number of methoxy groups -OCH3 is 1. The van der Waals surface area contributed by atoms with Crippen LogP contribution in [0.4, 0.5) is 0 Å². The Morgan fingerprint density at radius 2 is 2.32 bits per heavy atom. The summed E-state index contributed by atoms with van der Waals surface area (Å²) in [6.07, 6.45) is 6.31. The maximum Gasteiger partial charge on any atom is 0.123 e. The highest BCUT2D eigenvalue weighted by molar-refractivity contribution is 5.33. The number of nitrogens with one attached hydrogen (secondary N) is 1. The molecule has 100 valence electrons. The molecular weight excluding hydrogens is 238 g/mol. The van der Waals surface area contributed by atoms with E-state index < -0.39 is 0 Å². The van der Waals surface area contributed by atoms with Gasteiger partial charge in [0.05, 0.1) is 25.7 Å². The summed E-state index contributed by atoms with van der Waals surface area (Å²) < 4.78 is 7.62. The summed E-state index contributed by atoms with van der Waals surface area (Å²) in [5, 5.41) is 3.52. The van der Waals surface area contributed by atoms with Gasteiger partial charge in [0.1, 0.15) is 5.75 Å². The first-order valence-electron chi connectivity index (χ1n) is 6.74. The average Bonchev–Trinajstić information content (AvgIpc) is 3.09. The molecule has 1 aliphatic rings. The molecule has 4 nitrogen and oxygen atoms in total. The summed E-state index contributed by atoms with van der Waals surface area (Å²) in [6.45, 7) is 1.90. The van der Waals surface area contributed by atoms with Crippen molar-refractivity contribution in [3.8, 4) is 5.75 Å². The Kier molecular flexibility index (Phi) is 3.51. The van der Waals surface area contributed by atoms with Crippen LogP contribution in [0, 0.1) is 0 Å². The van der Waals surface area contributed by atoms with E-state index in [9.17, 15) is 0 Å². The minimum atomic E-state index is 0.442. The summed E-state index contributed by atoms with van der Waals surface area (Å²) in [6, 6.07) is 8.58. The van der Waals surface area contributed by atoms with Crippen molar-refractivity contribution in [2.24, 2.45) is 0 Å². The van der Waals surface area contributed by atoms with Crippen LogP contribution in [0.1, 0.15) is 30.1 Å². The number of imidazole rings is 1. The zero-order chi connectivity index (χ0) is 13.1. The minimum absolute atomic E-state index is 0.442. The van der Waals surface area contributed by atoms with E-state index in [-0.39, 0.29) is 0 Å². The average molecular weight is 257 g/mol. The standard InChI is InChI=1S/C15H19N3O/c1-19-15-7-3-2-5-12(15)10-18-11-16-9-14(18)13-6-4-8-17-13/h2-3,5,7,9,11,13,17H,4,6,8,10H2,1H3/t13-/m0/s1. The summed E-state index contributed by atoms with van der Waals surface area (Å²) in [4.78, 5) is 4.30. The van der Waals surface area contributed by atoms with Gasteiger partial charge in [0.2, 0.25) is 0 Å². The molecule has 1 saturated heterocycles. The predicted octanol–water partition coefficient (Wildman–Crippen LogP) is 2.36. The lowest BCUT2D eigenvalue weighted by Crippen LogP contribution is -2.17. The fourth-order valence-corrected chi connectivity index (χ4v) is 2.71. The fraction of sp³-hybridized carbons (Fsp3) is 0.400. The fourth-order valence-electron chi connectivity index (χ4n) is 2.71. The van der Waals surface area contributed by atoms with Crippen molar-refractivity contribution in [1.29, 1.82) is 0 Å². The molecule has 3 rings (SSSR count). The molecule has 4 heteroatoms.